The number of nitrogens with zero attached hydrogens (tertiary/aromatic N) is 1. The van der Waals surface area contributed by atoms with E-state index in [2.05, 4.69) is 4.98 Å². The van der Waals surface area contributed by atoms with Gasteiger partial charge in [0.1, 0.15) is 5.75 Å². The summed E-state index contributed by atoms with van der Waals surface area (Å²) in [6, 6.07) is 11.9. The van der Waals surface area contributed by atoms with Crippen LogP contribution >= 0.6 is 0 Å². The van der Waals surface area contributed by atoms with Gasteiger partial charge in [-0.1, -0.05) is 0 Å². The highest BCUT2D eigenvalue weighted by Gasteiger charge is 2.42. The first-order valence-electron chi connectivity index (χ1n) is 9.65. The molecule has 0 spiro atoms. The van der Waals surface area contributed by atoms with Gasteiger partial charge in [0.05, 0.1) is 33.5 Å². The van der Waals surface area contributed by atoms with E-state index in [1.807, 2.05) is 36.4 Å². The van der Waals surface area contributed by atoms with E-state index in [1.54, 1.807) is 27.5 Å². The Morgan fingerprint density at radius 2 is 1.59 bits per heavy atom. The van der Waals surface area contributed by atoms with Crippen molar-refractivity contribution in [2.45, 2.75) is 12.8 Å². The third kappa shape index (κ3) is 3.68. The van der Waals surface area contributed by atoms with Gasteiger partial charge >= 0.3 is 0 Å². The maximum atomic E-state index is 6.25. The number of hydrogen-bond acceptors (Lipinski definition) is 6. The zero-order valence-electron chi connectivity index (χ0n) is 17.0. The molecule has 0 amide bonds. The molecule has 1 heterocycles. The maximum absolute atomic E-state index is 6.25. The number of aromatic nitrogens is 1. The number of fused-ring (bicyclic) bond motifs is 1. The number of hydrogen-bond donors (Lipinski definition) is 1. The molecule has 29 heavy (non-hydrogen) atoms. The summed E-state index contributed by atoms with van der Waals surface area (Å²) in [4.78, 5) is 4.54. The van der Waals surface area contributed by atoms with E-state index < -0.39 is 0 Å². The Bertz CT molecular complexity index is 1010. The topological polar surface area (TPSA) is 75.8 Å². The average Bonchev–Trinajstić information content (AvgIpc) is 3.56. The highest BCUT2D eigenvalue weighted by atomic mass is 16.5. The SMILES string of the molecule is COc1cc(-c2cc(OCC3(CN)CC3)c3cccnc3c2)cc(OC)c1OC. The van der Waals surface area contributed by atoms with Crippen LogP contribution in [0.15, 0.2) is 42.6 Å². The highest BCUT2D eigenvalue weighted by molar-refractivity contribution is 5.90. The average molecular weight is 394 g/mol. The van der Waals surface area contributed by atoms with Crippen molar-refractivity contribution in [3.8, 4) is 34.1 Å². The van der Waals surface area contributed by atoms with Gasteiger partial charge in [0.25, 0.3) is 0 Å². The van der Waals surface area contributed by atoms with Crippen molar-refractivity contribution in [1.82, 2.24) is 4.98 Å². The molecule has 1 aromatic heterocycles. The summed E-state index contributed by atoms with van der Waals surface area (Å²) in [7, 11) is 4.82. The number of ether oxygens (including phenoxy) is 4. The molecule has 6 heteroatoms. The van der Waals surface area contributed by atoms with E-state index in [0.29, 0.717) is 30.4 Å². The molecular formula is C23H26N2O4. The maximum Gasteiger partial charge on any atom is 0.203 e. The van der Waals surface area contributed by atoms with E-state index in [0.717, 1.165) is 40.6 Å². The lowest BCUT2D eigenvalue weighted by Gasteiger charge is -2.17. The molecule has 4 rings (SSSR count). The van der Waals surface area contributed by atoms with Crippen molar-refractivity contribution in [2.24, 2.45) is 11.1 Å². The minimum atomic E-state index is 0.122. The van der Waals surface area contributed by atoms with Crippen LogP contribution in [-0.2, 0) is 0 Å². The molecule has 3 aromatic rings. The Morgan fingerprint density at radius 3 is 2.17 bits per heavy atom. The zero-order valence-corrected chi connectivity index (χ0v) is 17.0. The molecule has 2 N–H and O–H groups in total. The monoisotopic (exact) mass is 394 g/mol. The molecule has 0 saturated heterocycles. The Balaban J connectivity index is 1.80. The van der Waals surface area contributed by atoms with Gasteiger partial charge in [0, 0.05) is 23.5 Å². The molecule has 152 valence electrons. The fourth-order valence-corrected chi connectivity index (χ4v) is 3.50. The first-order chi connectivity index (χ1) is 14.1. The van der Waals surface area contributed by atoms with Crippen LogP contribution in [0.1, 0.15) is 12.8 Å². The van der Waals surface area contributed by atoms with Gasteiger partial charge in [-0.25, -0.2) is 0 Å². The van der Waals surface area contributed by atoms with E-state index in [9.17, 15) is 0 Å². The fraction of sp³-hybridized carbons (Fsp3) is 0.348. The zero-order chi connectivity index (χ0) is 20.4. The summed E-state index contributed by atoms with van der Waals surface area (Å²) in [5.41, 5.74) is 8.80. The second-order valence-corrected chi connectivity index (χ2v) is 7.45. The van der Waals surface area contributed by atoms with Crippen molar-refractivity contribution in [2.75, 3.05) is 34.5 Å². The second kappa shape index (κ2) is 7.79. The summed E-state index contributed by atoms with van der Waals surface area (Å²) in [5, 5.41) is 0.983. The third-order valence-corrected chi connectivity index (χ3v) is 5.60. The van der Waals surface area contributed by atoms with Crippen LogP contribution in [0.5, 0.6) is 23.0 Å². The number of methoxy groups -OCH3 is 3. The normalized spacial score (nSPS) is 14.5. The predicted octanol–water partition coefficient (Wildman–Crippen LogP) is 4.05. The van der Waals surface area contributed by atoms with Crippen LogP contribution in [0.4, 0.5) is 0 Å². The smallest absolute Gasteiger partial charge is 0.203 e. The molecular weight excluding hydrogens is 368 g/mol. The van der Waals surface area contributed by atoms with E-state index in [-0.39, 0.29) is 5.41 Å². The highest BCUT2D eigenvalue weighted by Crippen LogP contribution is 2.46. The molecule has 1 saturated carbocycles. The van der Waals surface area contributed by atoms with Crippen molar-refractivity contribution in [3.63, 3.8) is 0 Å². The first-order valence-corrected chi connectivity index (χ1v) is 9.65. The van der Waals surface area contributed by atoms with Crippen LogP contribution in [0.2, 0.25) is 0 Å². The molecule has 1 aliphatic carbocycles. The molecule has 6 nitrogen and oxygen atoms in total. The van der Waals surface area contributed by atoms with Crippen molar-refractivity contribution >= 4 is 10.9 Å². The predicted molar refractivity (Wildman–Crippen MR) is 113 cm³/mol. The van der Waals surface area contributed by atoms with Gasteiger partial charge in [-0.05, 0) is 60.4 Å². The summed E-state index contributed by atoms with van der Waals surface area (Å²) in [6.45, 7) is 1.27. The van der Waals surface area contributed by atoms with Crippen LogP contribution in [0.3, 0.4) is 0 Å². The number of pyridine rings is 1. The van der Waals surface area contributed by atoms with Gasteiger partial charge in [0.2, 0.25) is 5.75 Å². The molecule has 0 unspecified atom stereocenters. The minimum Gasteiger partial charge on any atom is -0.493 e. The van der Waals surface area contributed by atoms with E-state index >= 15 is 0 Å². The molecule has 1 fully saturated rings. The Labute approximate surface area is 170 Å². The summed E-state index contributed by atoms with van der Waals surface area (Å²) in [6.07, 6.45) is 4.02. The summed E-state index contributed by atoms with van der Waals surface area (Å²) >= 11 is 0. The summed E-state index contributed by atoms with van der Waals surface area (Å²) in [5.74, 6) is 2.57. The van der Waals surface area contributed by atoms with Gasteiger partial charge in [-0.3, -0.25) is 4.98 Å². The quantitative estimate of drug-likeness (QED) is 0.621. The van der Waals surface area contributed by atoms with Gasteiger partial charge < -0.3 is 24.7 Å². The lowest BCUT2D eigenvalue weighted by atomic mass is 10.0. The molecule has 2 aromatic carbocycles. The number of rotatable bonds is 8. The molecule has 0 aliphatic heterocycles. The Morgan fingerprint density at radius 1 is 0.931 bits per heavy atom. The van der Waals surface area contributed by atoms with Crippen LogP contribution in [0, 0.1) is 5.41 Å². The number of benzene rings is 2. The molecule has 0 atom stereocenters. The van der Waals surface area contributed by atoms with Crippen molar-refractivity contribution in [3.05, 3.63) is 42.6 Å². The molecule has 0 radical (unpaired) electrons. The molecule has 0 bridgehead atoms. The third-order valence-electron chi connectivity index (χ3n) is 5.60. The van der Waals surface area contributed by atoms with Crippen molar-refractivity contribution in [1.29, 1.82) is 0 Å². The van der Waals surface area contributed by atoms with Gasteiger partial charge in [0.15, 0.2) is 11.5 Å². The van der Waals surface area contributed by atoms with Crippen molar-refractivity contribution < 1.29 is 18.9 Å². The molecule has 1 aliphatic rings. The van der Waals surface area contributed by atoms with Gasteiger partial charge in [-0.15, -0.1) is 0 Å². The first kappa shape index (κ1) is 19.3. The fourth-order valence-electron chi connectivity index (χ4n) is 3.50. The van der Waals surface area contributed by atoms with E-state index in [1.165, 1.54) is 0 Å². The van der Waals surface area contributed by atoms with E-state index in [4.69, 9.17) is 24.7 Å². The summed E-state index contributed by atoms with van der Waals surface area (Å²) < 4.78 is 22.7. The second-order valence-electron chi connectivity index (χ2n) is 7.45. The Hall–Kier alpha value is -2.99. The standard InChI is InChI=1S/C23H26N2O4/c1-26-20-11-16(12-21(27-2)22(20)28-3)15-9-18-17(5-4-8-25-18)19(10-15)29-14-23(13-24)6-7-23/h4-5,8-12H,6-7,13-14,24H2,1-3H3. The lowest BCUT2D eigenvalue weighted by Crippen LogP contribution is -2.22. The largest absolute Gasteiger partial charge is 0.493 e. The van der Waals surface area contributed by atoms with Gasteiger partial charge in [-0.2, -0.15) is 0 Å². The number of nitrogens with two attached hydrogens (primary N) is 1. The Kier molecular flexibility index (Phi) is 5.20. The lowest BCUT2D eigenvalue weighted by molar-refractivity contribution is 0.241. The van der Waals surface area contributed by atoms with Crippen LogP contribution in [-0.4, -0.2) is 39.5 Å². The van der Waals surface area contributed by atoms with Crippen LogP contribution in [0.25, 0.3) is 22.0 Å². The minimum absolute atomic E-state index is 0.122. The van der Waals surface area contributed by atoms with Crippen LogP contribution < -0.4 is 24.7 Å².